The van der Waals surface area contributed by atoms with Gasteiger partial charge in [-0.05, 0) is 30.9 Å². The molecule has 0 aliphatic heterocycles. The van der Waals surface area contributed by atoms with E-state index in [0.717, 1.165) is 36.8 Å². The highest BCUT2D eigenvalue weighted by atomic mass is 16.3. The van der Waals surface area contributed by atoms with Crippen LogP contribution in [-0.2, 0) is 12.8 Å². The predicted molar refractivity (Wildman–Crippen MR) is 57.8 cm³/mol. The van der Waals surface area contributed by atoms with Crippen LogP contribution in [0.25, 0.3) is 0 Å². The number of aromatic hydroxyl groups is 2. The molecular formula is C12H18O2. The Balaban J connectivity index is 2.98. The number of rotatable bonds is 4. The van der Waals surface area contributed by atoms with Crippen molar-refractivity contribution in [1.29, 1.82) is 0 Å². The Hall–Kier alpha value is -1.18. The van der Waals surface area contributed by atoms with E-state index in [9.17, 15) is 10.2 Å². The Labute approximate surface area is 85.2 Å². The minimum Gasteiger partial charge on any atom is -0.504 e. The molecule has 0 unspecified atom stereocenters. The van der Waals surface area contributed by atoms with Crippen molar-refractivity contribution < 1.29 is 10.2 Å². The van der Waals surface area contributed by atoms with Gasteiger partial charge in [-0.25, -0.2) is 0 Å². The molecule has 0 bridgehead atoms. The Morgan fingerprint density at radius 1 is 1.14 bits per heavy atom. The van der Waals surface area contributed by atoms with Gasteiger partial charge in [0, 0.05) is 5.56 Å². The number of benzene rings is 1. The number of phenols is 2. The Morgan fingerprint density at radius 2 is 1.86 bits per heavy atom. The van der Waals surface area contributed by atoms with Crippen LogP contribution in [0.5, 0.6) is 11.5 Å². The number of phenolic OH excluding ortho intramolecular Hbond substituents is 2. The van der Waals surface area contributed by atoms with E-state index >= 15 is 0 Å². The standard InChI is InChI=1S/C12H18O2/c1-3-5-6-9-7-8-11(13)12(14)10(9)4-2/h7-8,13-14H,3-6H2,1-2H3. The molecule has 0 atom stereocenters. The van der Waals surface area contributed by atoms with Gasteiger partial charge in [0.1, 0.15) is 0 Å². The smallest absolute Gasteiger partial charge is 0.160 e. The van der Waals surface area contributed by atoms with Crippen LogP contribution < -0.4 is 0 Å². The molecule has 0 saturated heterocycles. The third-order valence-corrected chi connectivity index (χ3v) is 2.51. The van der Waals surface area contributed by atoms with Crippen molar-refractivity contribution in [2.45, 2.75) is 39.5 Å². The van der Waals surface area contributed by atoms with Crippen LogP contribution >= 0.6 is 0 Å². The summed E-state index contributed by atoms with van der Waals surface area (Å²) >= 11 is 0. The monoisotopic (exact) mass is 194 g/mol. The second kappa shape index (κ2) is 4.89. The summed E-state index contributed by atoms with van der Waals surface area (Å²) in [6.45, 7) is 4.13. The maximum absolute atomic E-state index is 9.63. The normalized spacial score (nSPS) is 10.4. The van der Waals surface area contributed by atoms with Gasteiger partial charge in [0.05, 0.1) is 0 Å². The van der Waals surface area contributed by atoms with Gasteiger partial charge in [-0.15, -0.1) is 0 Å². The van der Waals surface area contributed by atoms with E-state index in [0.29, 0.717) is 0 Å². The van der Waals surface area contributed by atoms with Crippen LogP contribution in [0.15, 0.2) is 12.1 Å². The zero-order valence-corrected chi connectivity index (χ0v) is 8.88. The number of hydrogen-bond donors (Lipinski definition) is 2. The molecule has 2 N–H and O–H groups in total. The Kier molecular flexibility index (Phi) is 3.81. The molecule has 0 aromatic heterocycles. The van der Waals surface area contributed by atoms with E-state index < -0.39 is 0 Å². The topological polar surface area (TPSA) is 40.5 Å². The fraction of sp³-hybridized carbons (Fsp3) is 0.500. The van der Waals surface area contributed by atoms with Gasteiger partial charge in [-0.2, -0.15) is 0 Å². The van der Waals surface area contributed by atoms with Crippen LogP contribution in [0.1, 0.15) is 37.8 Å². The minimum atomic E-state index is -0.0119. The lowest BCUT2D eigenvalue weighted by molar-refractivity contribution is 0.399. The first-order chi connectivity index (χ1) is 6.70. The molecule has 0 amide bonds. The van der Waals surface area contributed by atoms with Gasteiger partial charge in [0.2, 0.25) is 0 Å². The molecule has 0 aliphatic rings. The molecule has 0 radical (unpaired) electrons. The molecule has 1 aromatic carbocycles. The van der Waals surface area contributed by atoms with Crippen molar-refractivity contribution in [2.75, 3.05) is 0 Å². The summed E-state index contributed by atoms with van der Waals surface area (Å²) in [5.74, 6) is 0.0446. The van der Waals surface area contributed by atoms with Crippen molar-refractivity contribution in [3.8, 4) is 11.5 Å². The summed E-state index contributed by atoms with van der Waals surface area (Å²) in [7, 11) is 0. The Bertz CT molecular complexity index is 305. The summed E-state index contributed by atoms with van der Waals surface area (Å²) in [6, 6.07) is 3.48. The first-order valence-electron chi connectivity index (χ1n) is 5.23. The lowest BCUT2D eigenvalue weighted by Gasteiger charge is -2.10. The van der Waals surface area contributed by atoms with Gasteiger partial charge >= 0.3 is 0 Å². The largest absolute Gasteiger partial charge is 0.504 e. The second-order valence-electron chi connectivity index (χ2n) is 3.53. The molecule has 1 aromatic rings. The molecule has 0 heterocycles. The first kappa shape index (κ1) is 10.9. The summed E-state index contributed by atoms with van der Waals surface area (Å²) in [5.41, 5.74) is 2.04. The highest BCUT2D eigenvalue weighted by molar-refractivity contribution is 5.49. The Morgan fingerprint density at radius 3 is 2.43 bits per heavy atom. The molecular weight excluding hydrogens is 176 g/mol. The molecule has 2 nitrogen and oxygen atoms in total. The SMILES string of the molecule is CCCCc1ccc(O)c(O)c1CC. The van der Waals surface area contributed by atoms with E-state index in [1.54, 1.807) is 6.07 Å². The third kappa shape index (κ3) is 2.19. The van der Waals surface area contributed by atoms with E-state index in [1.165, 1.54) is 0 Å². The minimum absolute atomic E-state index is 0.0119. The van der Waals surface area contributed by atoms with Crippen molar-refractivity contribution >= 4 is 0 Å². The van der Waals surface area contributed by atoms with Gasteiger partial charge in [0.15, 0.2) is 11.5 Å². The first-order valence-corrected chi connectivity index (χ1v) is 5.23. The van der Waals surface area contributed by atoms with Crippen LogP contribution in [0, 0.1) is 0 Å². The summed E-state index contributed by atoms with van der Waals surface area (Å²) < 4.78 is 0. The average Bonchev–Trinajstić information content (AvgIpc) is 2.20. The fourth-order valence-electron chi connectivity index (χ4n) is 1.66. The molecule has 1 rings (SSSR count). The maximum atomic E-state index is 9.63. The highest BCUT2D eigenvalue weighted by Crippen LogP contribution is 2.32. The molecule has 78 valence electrons. The van der Waals surface area contributed by atoms with Gasteiger partial charge < -0.3 is 10.2 Å². The number of aryl methyl sites for hydroxylation is 1. The quantitative estimate of drug-likeness (QED) is 0.723. The molecule has 0 fully saturated rings. The summed E-state index contributed by atoms with van der Waals surface area (Å²) in [6.07, 6.45) is 4.01. The van der Waals surface area contributed by atoms with Crippen molar-refractivity contribution in [3.63, 3.8) is 0 Å². The lowest BCUT2D eigenvalue weighted by atomic mass is 9.99. The second-order valence-corrected chi connectivity index (χ2v) is 3.53. The van der Waals surface area contributed by atoms with Crippen molar-refractivity contribution in [2.24, 2.45) is 0 Å². The average molecular weight is 194 g/mol. The van der Waals surface area contributed by atoms with Crippen LogP contribution in [0.3, 0.4) is 0 Å². The zero-order valence-electron chi connectivity index (χ0n) is 8.88. The summed E-state index contributed by atoms with van der Waals surface area (Å²) in [4.78, 5) is 0. The van der Waals surface area contributed by atoms with E-state index in [2.05, 4.69) is 6.92 Å². The molecule has 14 heavy (non-hydrogen) atoms. The van der Waals surface area contributed by atoms with Crippen LogP contribution in [0.4, 0.5) is 0 Å². The van der Waals surface area contributed by atoms with Crippen molar-refractivity contribution in [1.82, 2.24) is 0 Å². The van der Waals surface area contributed by atoms with E-state index in [-0.39, 0.29) is 11.5 Å². The highest BCUT2D eigenvalue weighted by Gasteiger charge is 2.09. The van der Waals surface area contributed by atoms with Crippen molar-refractivity contribution in [3.05, 3.63) is 23.3 Å². The predicted octanol–water partition coefficient (Wildman–Crippen LogP) is 3.00. The lowest BCUT2D eigenvalue weighted by Crippen LogP contribution is -1.93. The zero-order chi connectivity index (χ0) is 10.6. The maximum Gasteiger partial charge on any atom is 0.160 e. The summed E-state index contributed by atoms with van der Waals surface area (Å²) in [5, 5.41) is 19.0. The van der Waals surface area contributed by atoms with E-state index in [1.807, 2.05) is 13.0 Å². The van der Waals surface area contributed by atoms with Gasteiger partial charge in [0.25, 0.3) is 0 Å². The molecule has 0 saturated carbocycles. The molecule has 0 aliphatic carbocycles. The van der Waals surface area contributed by atoms with Gasteiger partial charge in [-0.1, -0.05) is 26.3 Å². The number of unbranched alkanes of at least 4 members (excludes halogenated alkanes) is 1. The van der Waals surface area contributed by atoms with E-state index in [4.69, 9.17) is 0 Å². The van der Waals surface area contributed by atoms with Crippen LogP contribution in [-0.4, -0.2) is 10.2 Å². The third-order valence-electron chi connectivity index (χ3n) is 2.51. The van der Waals surface area contributed by atoms with Gasteiger partial charge in [-0.3, -0.25) is 0 Å². The molecule has 2 heteroatoms. The number of hydrogen-bond acceptors (Lipinski definition) is 2. The molecule has 0 spiro atoms. The fourth-order valence-corrected chi connectivity index (χ4v) is 1.66. The van der Waals surface area contributed by atoms with Crippen LogP contribution in [0.2, 0.25) is 0 Å².